The van der Waals surface area contributed by atoms with Crippen molar-refractivity contribution in [1.29, 1.82) is 0 Å². The van der Waals surface area contributed by atoms with Crippen molar-refractivity contribution >= 4 is 17.1 Å². The van der Waals surface area contributed by atoms with Gasteiger partial charge in [-0.3, -0.25) is 9.36 Å². The Kier molecular flexibility index (Phi) is 6.97. The lowest BCUT2D eigenvalue weighted by molar-refractivity contribution is 0.0599. The van der Waals surface area contributed by atoms with Crippen molar-refractivity contribution in [2.45, 2.75) is 32.9 Å². The summed E-state index contributed by atoms with van der Waals surface area (Å²) in [6, 6.07) is 14.7. The van der Waals surface area contributed by atoms with Gasteiger partial charge in [-0.15, -0.1) is 0 Å². The molecule has 182 valence electrons. The van der Waals surface area contributed by atoms with Crippen LogP contribution < -0.4 is 11.2 Å². The van der Waals surface area contributed by atoms with Crippen LogP contribution in [-0.4, -0.2) is 45.5 Å². The molecule has 0 fully saturated rings. The molecule has 0 aliphatic heterocycles. The highest BCUT2D eigenvalue weighted by Gasteiger charge is 2.20. The molecule has 0 atom stereocenters. The van der Waals surface area contributed by atoms with E-state index in [0.717, 1.165) is 10.1 Å². The first-order valence-corrected chi connectivity index (χ1v) is 11.3. The van der Waals surface area contributed by atoms with Crippen LogP contribution in [0.15, 0.2) is 64.4 Å². The molecule has 0 spiro atoms. The number of fused-ring (bicyclic) bond motifs is 1. The third-order valence-electron chi connectivity index (χ3n) is 6.00. The van der Waals surface area contributed by atoms with Gasteiger partial charge in [-0.2, -0.15) is 0 Å². The second-order valence-electron chi connectivity index (χ2n) is 8.51. The van der Waals surface area contributed by atoms with Crippen molar-refractivity contribution in [2.24, 2.45) is 0 Å². The molecule has 0 aliphatic carbocycles. The van der Waals surface area contributed by atoms with Crippen LogP contribution in [0.25, 0.3) is 16.9 Å². The number of imidazole rings is 1. The van der Waals surface area contributed by atoms with Gasteiger partial charge in [0.1, 0.15) is 0 Å². The summed E-state index contributed by atoms with van der Waals surface area (Å²) in [7, 11) is 2.84. The van der Waals surface area contributed by atoms with E-state index in [1.54, 1.807) is 22.8 Å². The van der Waals surface area contributed by atoms with E-state index in [-0.39, 0.29) is 30.9 Å². The highest BCUT2D eigenvalue weighted by atomic mass is 16.5. The maximum Gasteiger partial charge on any atom is 0.338 e. The first-order valence-electron chi connectivity index (χ1n) is 11.3. The van der Waals surface area contributed by atoms with Crippen molar-refractivity contribution < 1.29 is 14.3 Å². The minimum Gasteiger partial charge on any atom is -0.465 e. The van der Waals surface area contributed by atoms with Gasteiger partial charge in [0.05, 0.1) is 44.4 Å². The summed E-state index contributed by atoms with van der Waals surface area (Å²) < 4.78 is 14.3. The van der Waals surface area contributed by atoms with Gasteiger partial charge >= 0.3 is 11.7 Å². The molecular weight excluding hydrogens is 448 g/mol. The molecule has 0 saturated heterocycles. The lowest BCUT2D eigenvalue weighted by atomic mass is 10.0. The zero-order valence-corrected chi connectivity index (χ0v) is 20.2. The molecule has 9 heteroatoms. The molecule has 2 heterocycles. The fraction of sp³-hybridized carbons (Fsp3) is 0.308. The molecule has 0 amide bonds. The van der Waals surface area contributed by atoms with Crippen molar-refractivity contribution in [3.63, 3.8) is 0 Å². The van der Waals surface area contributed by atoms with E-state index in [1.807, 2.05) is 30.3 Å². The Morgan fingerprint density at radius 1 is 1.03 bits per heavy atom. The van der Waals surface area contributed by atoms with Crippen LogP contribution in [0.5, 0.6) is 0 Å². The largest absolute Gasteiger partial charge is 0.465 e. The van der Waals surface area contributed by atoms with Gasteiger partial charge in [-0.05, 0) is 35.2 Å². The fourth-order valence-corrected chi connectivity index (χ4v) is 4.07. The van der Waals surface area contributed by atoms with Crippen LogP contribution in [0.4, 0.5) is 0 Å². The van der Waals surface area contributed by atoms with Crippen LogP contribution in [0.2, 0.25) is 0 Å². The highest BCUT2D eigenvalue weighted by Crippen LogP contribution is 2.20. The first kappa shape index (κ1) is 24.2. The van der Waals surface area contributed by atoms with E-state index >= 15 is 0 Å². The number of rotatable bonds is 8. The van der Waals surface area contributed by atoms with Crippen LogP contribution in [-0.2, 0) is 22.6 Å². The third-order valence-corrected chi connectivity index (χ3v) is 6.00. The van der Waals surface area contributed by atoms with E-state index in [0.29, 0.717) is 22.7 Å². The number of benzene rings is 2. The van der Waals surface area contributed by atoms with Crippen molar-refractivity contribution in [1.82, 2.24) is 18.7 Å². The lowest BCUT2D eigenvalue weighted by Crippen LogP contribution is -2.41. The van der Waals surface area contributed by atoms with Crippen LogP contribution in [0.1, 0.15) is 41.3 Å². The number of nitrogens with zero attached hydrogens (tertiary/aromatic N) is 4. The molecule has 0 aliphatic rings. The lowest BCUT2D eigenvalue weighted by Gasteiger charge is -2.14. The summed E-state index contributed by atoms with van der Waals surface area (Å²) in [6.45, 7) is 4.69. The predicted molar refractivity (Wildman–Crippen MR) is 132 cm³/mol. The molecular formula is C26H28N4O5. The molecule has 0 saturated carbocycles. The maximum absolute atomic E-state index is 13.5. The predicted octanol–water partition coefficient (Wildman–Crippen LogP) is 2.95. The Hall–Kier alpha value is -3.98. The fourth-order valence-electron chi connectivity index (χ4n) is 4.07. The second-order valence-corrected chi connectivity index (χ2v) is 8.51. The Balaban J connectivity index is 1.93. The monoisotopic (exact) mass is 476 g/mol. The third kappa shape index (κ3) is 4.54. The van der Waals surface area contributed by atoms with Crippen LogP contribution in [0, 0.1) is 0 Å². The number of aromatic nitrogens is 4. The average Bonchev–Trinajstić information content (AvgIpc) is 3.27. The topological polar surface area (TPSA) is 97.3 Å². The molecule has 35 heavy (non-hydrogen) atoms. The number of methoxy groups -OCH3 is 2. The van der Waals surface area contributed by atoms with Gasteiger partial charge in [0.25, 0.3) is 5.56 Å². The molecule has 4 rings (SSSR count). The Morgan fingerprint density at radius 3 is 2.40 bits per heavy atom. The van der Waals surface area contributed by atoms with E-state index in [9.17, 15) is 14.4 Å². The smallest absolute Gasteiger partial charge is 0.338 e. The number of carbonyl (C=O) groups is 1. The number of hydrogen-bond acceptors (Lipinski definition) is 6. The molecule has 0 unspecified atom stereocenters. The normalized spacial score (nSPS) is 11.3. The Labute approximate surface area is 202 Å². The van der Waals surface area contributed by atoms with Crippen molar-refractivity contribution in [3.8, 4) is 5.69 Å². The molecule has 0 bridgehead atoms. The van der Waals surface area contributed by atoms with Crippen LogP contribution >= 0.6 is 0 Å². The molecule has 4 aromatic rings. The quantitative estimate of drug-likeness (QED) is 0.363. The van der Waals surface area contributed by atoms with Gasteiger partial charge in [0.2, 0.25) is 0 Å². The standard InChI is InChI=1S/C26H28N4O5/c1-17(2)18-9-11-20(12-10-18)30-23-22(24(31)29(26(30)33)13-14-34-3)28(16-27-23)15-19-7-5-6-8-21(19)25(32)35-4/h5-12,16-17H,13-15H2,1-4H3. The summed E-state index contributed by atoms with van der Waals surface area (Å²) in [5.41, 5.74) is 2.36. The van der Waals surface area contributed by atoms with E-state index in [2.05, 4.69) is 18.8 Å². The molecule has 0 radical (unpaired) electrons. The van der Waals surface area contributed by atoms with E-state index in [1.165, 1.54) is 25.1 Å². The summed E-state index contributed by atoms with van der Waals surface area (Å²) in [5, 5.41) is 0. The summed E-state index contributed by atoms with van der Waals surface area (Å²) >= 11 is 0. The molecule has 2 aromatic heterocycles. The molecule has 0 N–H and O–H groups in total. The van der Waals surface area contributed by atoms with Gasteiger partial charge in [0.15, 0.2) is 11.2 Å². The average molecular weight is 477 g/mol. The number of hydrogen-bond donors (Lipinski definition) is 0. The molecule has 2 aromatic carbocycles. The van der Waals surface area contributed by atoms with E-state index in [4.69, 9.17) is 9.47 Å². The molecule has 9 nitrogen and oxygen atoms in total. The van der Waals surface area contributed by atoms with Crippen molar-refractivity contribution in [3.05, 3.63) is 92.4 Å². The minimum absolute atomic E-state index is 0.0953. The summed E-state index contributed by atoms with van der Waals surface area (Å²) in [6.07, 6.45) is 1.51. The number of carbonyl (C=O) groups excluding carboxylic acids is 1. The highest BCUT2D eigenvalue weighted by molar-refractivity contribution is 5.91. The number of ether oxygens (including phenoxy) is 2. The summed E-state index contributed by atoms with van der Waals surface area (Å²) in [4.78, 5) is 43.6. The summed E-state index contributed by atoms with van der Waals surface area (Å²) in [5.74, 6) is -0.129. The van der Waals surface area contributed by atoms with E-state index < -0.39 is 17.2 Å². The Bertz CT molecular complexity index is 1480. The first-order chi connectivity index (χ1) is 16.9. The van der Waals surface area contributed by atoms with Gasteiger partial charge in [-0.1, -0.05) is 44.2 Å². The van der Waals surface area contributed by atoms with Crippen molar-refractivity contribution in [2.75, 3.05) is 20.8 Å². The minimum atomic E-state index is -0.489. The van der Waals surface area contributed by atoms with Gasteiger partial charge in [-0.25, -0.2) is 19.1 Å². The number of esters is 1. The van der Waals surface area contributed by atoms with Gasteiger partial charge < -0.3 is 14.0 Å². The zero-order valence-electron chi connectivity index (χ0n) is 20.2. The maximum atomic E-state index is 13.5. The van der Waals surface area contributed by atoms with Crippen LogP contribution in [0.3, 0.4) is 0 Å². The Morgan fingerprint density at radius 2 is 1.74 bits per heavy atom. The second kappa shape index (κ2) is 10.1. The van der Waals surface area contributed by atoms with Gasteiger partial charge in [0, 0.05) is 7.11 Å². The SMILES string of the molecule is COCCn1c(=O)c2c(ncn2Cc2ccccc2C(=O)OC)n(-c2ccc(C(C)C)cc2)c1=O. The zero-order chi connectivity index (χ0) is 25.1.